The number of halogens is 3. The summed E-state index contributed by atoms with van der Waals surface area (Å²) in [4.78, 5) is 14.8. The van der Waals surface area contributed by atoms with Crippen molar-refractivity contribution in [3.05, 3.63) is 66.4 Å². The standard InChI is InChI=1S/C22H16F3N7OS/c1-34-21-29-18-16(9-10-26-18)19(30-21)33-15-7-5-12(6-8-15)17-28-20(32-31-17)27-14-4-2-3-13(11-14)22(23,24)25/h2-11H,1H3,(H,26,29,30)(H2,27,28,31,32). The van der Waals surface area contributed by atoms with Crippen molar-refractivity contribution in [1.82, 2.24) is 30.1 Å². The van der Waals surface area contributed by atoms with Crippen molar-refractivity contribution in [2.75, 3.05) is 11.6 Å². The maximum Gasteiger partial charge on any atom is 0.416 e. The molecular weight excluding hydrogens is 467 g/mol. The number of aromatic amines is 2. The molecule has 0 saturated carbocycles. The van der Waals surface area contributed by atoms with Crippen LogP contribution in [0.4, 0.5) is 24.8 Å². The Hall–Kier alpha value is -4.06. The van der Waals surface area contributed by atoms with E-state index in [1.54, 1.807) is 30.5 Å². The van der Waals surface area contributed by atoms with Crippen LogP contribution in [0.25, 0.3) is 22.4 Å². The van der Waals surface area contributed by atoms with Crippen LogP contribution in [-0.2, 0) is 6.18 Å². The Labute approximate surface area is 195 Å². The summed E-state index contributed by atoms with van der Waals surface area (Å²) in [5.74, 6) is 1.67. The third-order valence-electron chi connectivity index (χ3n) is 4.82. The molecule has 0 atom stereocenters. The third kappa shape index (κ3) is 4.53. The minimum atomic E-state index is -4.43. The fourth-order valence-corrected chi connectivity index (χ4v) is 3.57. The van der Waals surface area contributed by atoms with Gasteiger partial charge in [0.05, 0.1) is 10.9 Å². The number of ether oxygens (including phenoxy) is 1. The average molecular weight is 483 g/mol. The lowest BCUT2D eigenvalue weighted by atomic mass is 10.2. The predicted octanol–water partition coefficient (Wildman–Crippen LogP) is 6.02. The van der Waals surface area contributed by atoms with Crippen molar-refractivity contribution in [3.8, 4) is 23.0 Å². The Morgan fingerprint density at radius 2 is 1.82 bits per heavy atom. The molecule has 0 bridgehead atoms. The van der Waals surface area contributed by atoms with E-state index in [-0.39, 0.29) is 11.6 Å². The Morgan fingerprint density at radius 1 is 1.00 bits per heavy atom. The van der Waals surface area contributed by atoms with E-state index < -0.39 is 11.7 Å². The number of H-pyrrole nitrogens is 2. The smallest absolute Gasteiger partial charge is 0.416 e. The highest BCUT2D eigenvalue weighted by Crippen LogP contribution is 2.32. The second-order valence-corrected chi connectivity index (χ2v) is 7.88. The molecule has 2 aromatic carbocycles. The van der Waals surface area contributed by atoms with Crippen LogP contribution in [0.5, 0.6) is 11.6 Å². The van der Waals surface area contributed by atoms with E-state index in [4.69, 9.17) is 4.74 Å². The van der Waals surface area contributed by atoms with Crippen LogP contribution in [0.2, 0.25) is 0 Å². The molecule has 0 spiro atoms. The molecule has 3 heterocycles. The first-order chi connectivity index (χ1) is 16.4. The van der Waals surface area contributed by atoms with Crippen molar-refractivity contribution >= 4 is 34.4 Å². The van der Waals surface area contributed by atoms with Crippen LogP contribution in [0.3, 0.4) is 0 Å². The summed E-state index contributed by atoms with van der Waals surface area (Å²) >= 11 is 1.41. The summed E-state index contributed by atoms with van der Waals surface area (Å²) < 4.78 is 44.7. The molecule has 0 saturated heterocycles. The fraction of sp³-hybridized carbons (Fsp3) is 0.0909. The van der Waals surface area contributed by atoms with Crippen LogP contribution in [-0.4, -0.2) is 36.4 Å². The number of rotatable bonds is 6. The van der Waals surface area contributed by atoms with Gasteiger partial charge >= 0.3 is 6.18 Å². The first-order valence-electron chi connectivity index (χ1n) is 9.93. The minimum absolute atomic E-state index is 0.218. The van der Waals surface area contributed by atoms with E-state index in [1.165, 1.54) is 23.9 Å². The highest BCUT2D eigenvalue weighted by atomic mass is 32.2. The summed E-state index contributed by atoms with van der Waals surface area (Å²) in [7, 11) is 0. The van der Waals surface area contributed by atoms with Crippen LogP contribution in [0, 0.1) is 0 Å². The second kappa shape index (κ2) is 8.71. The molecule has 12 heteroatoms. The monoisotopic (exact) mass is 483 g/mol. The lowest BCUT2D eigenvalue weighted by Crippen LogP contribution is -2.05. The number of alkyl halides is 3. The predicted molar refractivity (Wildman–Crippen MR) is 122 cm³/mol. The molecule has 172 valence electrons. The first-order valence-corrected chi connectivity index (χ1v) is 11.2. The molecule has 3 N–H and O–H groups in total. The Bertz CT molecular complexity index is 1450. The van der Waals surface area contributed by atoms with Crippen molar-refractivity contribution in [1.29, 1.82) is 0 Å². The van der Waals surface area contributed by atoms with Crippen LogP contribution < -0.4 is 10.1 Å². The molecular formula is C22H16F3N7OS. The number of aromatic nitrogens is 6. The summed E-state index contributed by atoms with van der Waals surface area (Å²) in [6.45, 7) is 0. The molecule has 34 heavy (non-hydrogen) atoms. The maximum absolute atomic E-state index is 12.9. The lowest BCUT2D eigenvalue weighted by molar-refractivity contribution is -0.137. The first kappa shape index (κ1) is 21.8. The molecule has 0 fully saturated rings. The summed E-state index contributed by atoms with van der Waals surface area (Å²) in [5, 5.41) is 12.2. The van der Waals surface area contributed by atoms with Crippen molar-refractivity contribution in [2.45, 2.75) is 11.3 Å². The number of benzene rings is 2. The molecule has 0 aliphatic carbocycles. The number of hydrogen-bond acceptors (Lipinski definition) is 7. The van der Waals surface area contributed by atoms with Gasteiger partial charge < -0.3 is 20.0 Å². The molecule has 5 aromatic rings. The molecule has 5 rings (SSSR count). The maximum atomic E-state index is 12.9. The van der Waals surface area contributed by atoms with Gasteiger partial charge in [0.2, 0.25) is 11.8 Å². The molecule has 0 unspecified atom stereocenters. The number of nitrogens with zero attached hydrogens (tertiary/aromatic N) is 4. The Morgan fingerprint density at radius 3 is 2.59 bits per heavy atom. The van der Waals surface area contributed by atoms with E-state index in [0.717, 1.165) is 23.1 Å². The van der Waals surface area contributed by atoms with E-state index in [9.17, 15) is 13.2 Å². The highest BCUT2D eigenvalue weighted by Gasteiger charge is 2.30. The van der Waals surface area contributed by atoms with Gasteiger partial charge in [0.1, 0.15) is 11.4 Å². The zero-order valence-corrected chi connectivity index (χ0v) is 18.3. The zero-order valence-electron chi connectivity index (χ0n) is 17.5. The van der Waals surface area contributed by atoms with Crippen LogP contribution in [0.1, 0.15) is 5.56 Å². The third-order valence-corrected chi connectivity index (χ3v) is 5.37. The van der Waals surface area contributed by atoms with E-state index >= 15 is 0 Å². The van der Waals surface area contributed by atoms with E-state index in [2.05, 4.69) is 35.5 Å². The highest BCUT2D eigenvalue weighted by molar-refractivity contribution is 7.98. The van der Waals surface area contributed by atoms with Gasteiger partial charge in [0.15, 0.2) is 11.0 Å². The number of anilines is 2. The van der Waals surface area contributed by atoms with Gasteiger partial charge in [-0.2, -0.15) is 18.2 Å². The molecule has 3 aromatic heterocycles. The van der Waals surface area contributed by atoms with Crippen LogP contribution in [0.15, 0.2) is 66.0 Å². The van der Waals surface area contributed by atoms with Gasteiger partial charge in [-0.05, 0) is 54.8 Å². The quantitative estimate of drug-likeness (QED) is 0.200. The van der Waals surface area contributed by atoms with E-state index in [1.807, 2.05) is 12.3 Å². The van der Waals surface area contributed by atoms with Gasteiger partial charge in [-0.15, -0.1) is 10.2 Å². The second-order valence-electron chi connectivity index (χ2n) is 7.11. The molecule has 8 nitrogen and oxygen atoms in total. The largest absolute Gasteiger partial charge is 0.438 e. The van der Waals surface area contributed by atoms with Gasteiger partial charge in [-0.25, -0.2) is 4.98 Å². The molecule has 0 amide bonds. The molecule has 0 aliphatic rings. The number of hydrogen-bond donors (Lipinski definition) is 3. The number of fused-ring (bicyclic) bond motifs is 1. The van der Waals surface area contributed by atoms with Crippen LogP contribution >= 0.6 is 11.8 Å². The lowest BCUT2D eigenvalue weighted by Gasteiger charge is -2.08. The summed E-state index contributed by atoms with van der Waals surface area (Å²) in [6.07, 6.45) is -0.770. The Kier molecular flexibility index (Phi) is 5.57. The summed E-state index contributed by atoms with van der Waals surface area (Å²) in [5.41, 5.74) is 0.898. The number of thioether (sulfide) groups is 1. The Balaban J connectivity index is 1.32. The van der Waals surface area contributed by atoms with Crippen molar-refractivity contribution in [3.63, 3.8) is 0 Å². The topological polar surface area (TPSA) is 104 Å². The van der Waals surface area contributed by atoms with E-state index in [0.29, 0.717) is 28.3 Å². The minimum Gasteiger partial charge on any atom is -0.438 e. The normalized spacial score (nSPS) is 11.6. The van der Waals surface area contributed by atoms with Gasteiger partial charge in [-0.3, -0.25) is 0 Å². The van der Waals surface area contributed by atoms with Gasteiger partial charge in [-0.1, -0.05) is 17.8 Å². The SMILES string of the molecule is CSc1nc(Oc2ccc(-c3nnc(Nc4cccc(C(F)(F)F)c4)[nH]3)cc2)c2cc[nH]c2n1. The zero-order chi connectivity index (χ0) is 23.7. The fourth-order valence-electron chi connectivity index (χ4n) is 3.21. The molecule has 0 aliphatic heterocycles. The average Bonchev–Trinajstić information content (AvgIpc) is 3.49. The van der Waals surface area contributed by atoms with Gasteiger partial charge in [0.25, 0.3) is 0 Å². The number of nitrogens with one attached hydrogen (secondary N) is 3. The summed E-state index contributed by atoms with van der Waals surface area (Å²) in [6, 6.07) is 13.8. The van der Waals surface area contributed by atoms with Gasteiger partial charge in [0, 0.05) is 17.4 Å². The van der Waals surface area contributed by atoms with Crippen molar-refractivity contribution < 1.29 is 17.9 Å². The molecule has 0 radical (unpaired) electrons. The van der Waals surface area contributed by atoms with Crippen molar-refractivity contribution in [2.24, 2.45) is 0 Å².